The molecule has 3 aliphatic rings. The number of hydrogen-bond donors (Lipinski definition) is 1. The fourth-order valence-electron chi connectivity index (χ4n) is 5.38. The molecule has 0 bridgehead atoms. The van der Waals surface area contributed by atoms with Crippen molar-refractivity contribution in [1.82, 2.24) is 0 Å². The van der Waals surface area contributed by atoms with E-state index in [9.17, 15) is 4.79 Å². The molecule has 3 atom stereocenters. The number of carbonyl (C=O) groups excluding carboxylic acids is 1. The molecule has 1 aromatic carbocycles. The lowest BCUT2D eigenvalue weighted by molar-refractivity contribution is -0.123. The average Bonchev–Trinajstić information content (AvgIpc) is 2.83. The number of nitrogens with zero attached hydrogens (tertiary/aromatic N) is 1. The van der Waals surface area contributed by atoms with Crippen molar-refractivity contribution >= 4 is 17.2 Å². The number of carbonyl (C=O) groups is 1. The smallest absolute Gasteiger partial charge is 0.164 e. The van der Waals surface area contributed by atoms with Crippen LogP contribution in [-0.2, 0) is 4.79 Å². The van der Waals surface area contributed by atoms with Gasteiger partial charge in [-0.25, -0.2) is 0 Å². The Hall–Kier alpha value is -1.90. The molecule has 2 aliphatic heterocycles. The molecule has 2 heterocycles. The van der Waals surface area contributed by atoms with Gasteiger partial charge < -0.3 is 5.32 Å². The molecule has 0 aromatic heterocycles. The fraction of sp³-hybridized carbons (Fsp3) is 0.565. The first-order chi connectivity index (χ1) is 12.2. The molecular formula is C23H30N2O. The molecule has 0 amide bonds. The molecule has 0 saturated heterocycles. The van der Waals surface area contributed by atoms with Crippen molar-refractivity contribution < 1.29 is 4.79 Å². The van der Waals surface area contributed by atoms with Gasteiger partial charge in [0, 0.05) is 17.2 Å². The van der Waals surface area contributed by atoms with Gasteiger partial charge in [0.2, 0.25) is 0 Å². The van der Waals surface area contributed by atoms with Gasteiger partial charge in [-0.05, 0) is 43.7 Å². The Balaban J connectivity index is 2.01. The predicted molar refractivity (Wildman–Crippen MR) is 108 cm³/mol. The molecule has 26 heavy (non-hydrogen) atoms. The number of anilines is 1. The monoisotopic (exact) mass is 350 g/mol. The summed E-state index contributed by atoms with van der Waals surface area (Å²) in [5, 5.41) is 3.77. The van der Waals surface area contributed by atoms with E-state index >= 15 is 0 Å². The molecule has 4 rings (SSSR count). The van der Waals surface area contributed by atoms with Gasteiger partial charge in [0.05, 0.1) is 22.7 Å². The van der Waals surface area contributed by atoms with Crippen LogP contribution in [0.4, 0.5) is 5.69 Å². The number of Topliss-reactive ketones (excluding diaryl/α,β-unsaturated/α-hetero) is 1. The third kappa shape index (κ3) is 2.32. The van der Waals surface area contributed by atoms with E-state index in [1.54, 1.807) is 0 Å². The lowest BCUT2D eigenvalue weighted by Gasteiger charge is -2.50. The van der Waals surface area contributed by atoms with Gasteiger partial charge in [0.15, 0.2) is 5.78 Å². The van der Waals surface area contributed by atoms with Gasteiger partial charge in [-0.3, -0.25) is 9.79 Å². The van der Waals surface area contributed by atoms with Crippen LogP contribution in [-0.4, -0.2) is 23.1 Å². The Morgan fingerprint density at radius 3 is 2.50 bits per heavy atom. The molecule has 0 unspecified atom stereocenters. The van der Waals surface area contributed by atoms with Crippen LogP contribution >= 0.6 is 0 Å². The van der Waals surface area contributed by atoms with Crippen molar-refractivity contribution in [1.29, 1.82) is 0 Å². The lowest BCUT2D eigenvalue weighted by Crippen LogP contribution is -2.58. The Kier molecular flexibility index (Phi) is 3.74. The number of fused-ring (bicyclic) bond motifs is 2. The Bertz CT molecular complexity index is 830. The lowest BCUT2D eigenvalue weighted by atomic mass is 9.57. The van der Waals surface area contributed by atoms with Gasteiger partial charge in [-0.15, -0.1) is 0 Å². The Morgan fingerprint density at radius 1 is 1.15 bits per heavy atom. The standard InChI is InChI=1S/C23H30N2O/c1-13(2)16-11-23-12-22(5,6)25-20(23)15-9-7-8-10-17(15)24-21(23)18(14(3)4)19(16)26/h7-11,13-14,18,21,24H,12H2,1-6H3/t18-,21-,23+/m1/s1. The molecule has 1 aromatic rings. The molecule has 0 radical (unpaired) electrons. The predicted octanol–water partition coefficient (Wildman–Crippen LogP) is 4.88. The third-order valence-electron chi connectivity index (χ3n) is 6.33. The number of rotatable bonds is 2. The molecular weight excluding hydrogens is 320 g/mol. The van der Waals surface area contributed by atoms with Crippen LogP contribution in [0.2, 0.25) is 0 Å². The van der Waals surface area contributed by atoms with Crippen molar-refractivity contribution in [3.05, 3.63) is 41.5 Å². The van der Waals surface area contributed by atoms with Gasteiger partial charge >= 0.3 is 0 Å². The minimum Gasteiger partial charge on any atom is -0.380 e. The summed E-state index contributed by atoms with van der Waals surface area (Å²) in [4.78, 5) is 18.6. The van der Waals surface area contributed by atoms with E-state index in [1.807, 2.05) is 0 Å². The van der Waals surface area contributed by atoms with E-state index in [-0.39, 0.29) is 34.7 Å². The highest BCUT2D eigenvalue weighted by molar-refractivity contribution is 6.16. The summed E-state index contributed by atoms with van der Waals surface area (Å²) in [6, 6.07) is 8.52. The van der Waals surface area contributed by atoms with Crippen molar-refractivity contribution in [3.8, 4) is 0 Å². The van der Waals surface area contributed by atoms with Crippen LogP contribution in [0.1, 0.15) is 53.5 Å². The minimum atomic E-state index is -0.194. The zero-order valence-corrected chi connectivity index (χ0v) is 16.8. The van der Waals surface area contributed by atoms with Crippen molar-refractivity contribution in [2.45, 2.75) is 59.5 Å². The summed E-state index contributed by atoms with van der Waals surface area (Å²) >= 11 is 0. The van der Waals surface area contributed by atoms with Gasteiger partial charge in [0.1, 0.15) is 0 Å². The zero-order valence-electron chi connectivity index (χ0n) is 16.8. The highest BCUT2D eigenvalue weighted by Crippen LogP contribution is 2.55. The third-order valence-corrected chi connectivity index (χ3v) is 6.33. The summed E-state index contributed by atoms with van der Waals surface area (Å²) < 4.78 is 0. The Labute approximate surface area is 157 Å². The fourth-order valence-corrected chi connectivity index (χ4v) is 5.38. The van der Waals surface area contributed by atoms with Crippen LogP contribution < -0.4 is 5.32 Å². The number of para-hydroxylation sites is 1. The number of aliphatic imine (C=N–C) groups is 1. The number of nitrogens with one attached hydrogen (secondary N) is 1. The molecule has 138 valence electrons. The van der Waals surface area contributed by atoms with E-state index < -0.39 is 0 Å². The molecule has 0 fully saturated rings. The number of hydrogen-bond acceptors (Lipinski definition) is 3. The van der Waals surface area contributed by atoms with Crippen LogP contribution in [0, 0.1) is 23.2 Å². The second-order valence-electron chi connectivity index (χ2n) is 9.55. The first-order valence-electron chi connectivity index (χ1n) is 9.89. The molecule has 3 nitrogen and oxygen atoms in total. The largest absolute Gasteiger partial charge is 0.380 e. The van der Waals surface area contributed by atoms with Gasteiger partial charge in [-0.2, -0.15) is 0 Å². The summed E-state index contributed by atoms with van der Waals surface area (Å²) in [6.45, 7) is 13.1. The van der Waals surface area contributed by atoms with Crippen molar-refractivity contribution in [2.75, 3.05) is 5.32 Å². The molecule has 1 spiro atoms. The highest BCUT2D eigenvalue weighted by atomic mass is 16.1. The van der Waals surface area contributed by atoms with Crippen LogP contribution in [0.25, 0.3) is 0 Å². The number of allylic oxidation sites excluding steroid dienone is 1. The maximum atomic E-state index is 13.4. The maximum Gasteiger partial charge on any atom is 0.164 e. The molecule has 1 aliphatic carbocycles. The summed E-state index contributed by atoms with van der Waals surface area (Å²) in [5.74, 6) is 0.821. The summed E-state index contributed by atoms with van der Waals surface area (Å²) in [6.07, 6.45) is 3.24. The van der Waals surface area contributed by atoms with Crippen LogP contribution in [0.15, 0.2) is 40.9 Å². The number of benzene rings is 1. The first-order valence-corrected chi connectivity index (χ1v) is 9.89. The molecule has 1 N–H and O–H groups in total. The van der Waals surface area contributed by atoms with E-state index in [1.165, 1.54) is 11.3 Å². The Morgan fingerprint density at radius 2 is 1.85 bits per heavy atom. The second kappa shape index (κ2) is 5.55. The summed E-state index contributed by atoms with van der Waals surface area (Å²) in [5.41, 5.74) is 4.17. The first kappa shape index (κ1) is 17.5. The van der Waals surface area contributed by atoms with Crippen LogP contribution in [0.3, 0.4) is 0 Å². The average molecular weight is 351 g/mol. The van der Waals surface area contributed by atoms with Gasteiger partial charge in [-0.1, -0.05) is 52.0 Å². The quantitative estimate of drug-likeness (QED) is 0.826. The van der Waals surface area contributed by atoms with Gasteiger partial charge in [0.25, 0.3) is 0 Å². The van der Waals surface area contributed by atoms with E-state index in [4.69, 9.17) is 4.99 Å². The topological polar surface area (TPSA) is 41.5 Å². The number of ketones is 1. The van der Waals surface area contributed by atoms with E-state index in [0.29, 0.717) is 5.78 Å². The SMILES string of the molecule is CC(C)C1=C[C@]23CC(C)(C)N=C2c2ccccc2N[C@@H]3[C@H](C(C)C)C1=O. The van der Waals surface area contributed by atoms with Crippen LogP contribution in [0.5, 0.6) is 0 Å². The maximum absolute atomic E-state index is 13.4. The van der Waals surface area contributed by atoms with Crippen molar-refractivity contribution in [2.24, 2.45) is 28.2 Å². The van der Waals surface area contributed by atoms with E-state index in [2.05, 4.69) is 77.2 Å². The van der Waals surface area contributed by atoms with Crippen molar-refractivity contribution in [3.63, 3.8) is 0 Å². The summed E-state index contributed by atoms with van der Waals surface area (Å²) in [7, 11) is 0. The highest BCUT2D eigenvalue weighted by Gasteiger charge is 2.59. The molecule has 0 saturated carbocycles. The normalized spacial score (nSPS) is 31.8. The second-order valence-corrected chi connectivity index (χ2v) is 9.55. The molecule has 3 heteroatoms. The zero-order chi connectivity index (χ0) is 18.9. The van der Waals surface area contributed by atoms with E-state index in [0.717, 1.165) is 17.7 Å². The minimum absolute atomic E-state index is 0.0233.